The molecule has 0 saturated carbocycles. The minimum atomic E-state index is -1.32. The van der Waals surface area contributed by atoms with E-state index in [1.54, 1.807) is 0 Å². The standard InChI is InChI=1S/C21H21NSi/c1-23(2,3)17-13-14-21-19(15-17)18-11-7-8-12-20(18)22(21)16-9-5-4-6-10-16/h4-15H,1-3H3. The van der Waals surface area contributed by atoms with Crippen LogP contribution in [0.4, 0.5) is 0 Å². The Labute approximate surface area is 138 Å². The molecular formula is C21H21NSi. The Morgan fingerprint density at radius 1 is 0.652 bits per heavy atom. The summed E-state index contributed by atoms with van der Waals surface area (Å²) in [5.74, 6) is 0. The van der Waals surface area contributed by atoms with Crippen LogP contribution >= 0.6 is 0 Å². The van der Waals surface area contributed by atoms with Gasteiger partial charge < -0.3 is 4.57 Å². The number of benzene rings is 3. The molecule has 0 aliphatic carbocycles. The Morgan fingerprint density at radius 2 is 1.30 bits per heavy atom. The number of rotatable bonds is 2. The van der Waals surface area contributed by atoms with Crippen molar-refractivity contribution in [2.45, 2.75) is 19.6 Å². The van der Waals surface area contributed by atoms with Crippen molar-refractivity contribution in [2.75, 3.05) is 0 Å². The molecule has 0 aliphatic heterocycles. The fraction of sp³-hybridized carbons (Fsp3) is 0.143. The molecule has 4 aromatic rings. The lowest BCUT2D eigenvalue weighted by Gasteiger charge is -2.16. The summed E-state index contributed by atoms with van der Waals surface area (Å²) >= 11 is 0. The van der Waals surface area contributed by atoms with Gasteiger partial charge in [0, 0.05) is 16.5 Å². The molecule has 1 aromatic heterocycles. The zero-order chi connectivity index (χ0) is 16.0. The van der Waals surface area contributed by atoms with Crippen molar-refractivity contribution in [1.29, 1.82) is 0 Å². The molecule has 0 spiro atoms. The Morgan fingerprint density at radius 3 is 2.04 bits per heavy atom. The summed E-state index contributed by atoms with van der Waals surface area (Å²) in [5.41, 5.74) is 3.79. The number of hydrogen-bond acceptors (Lipinski definition) is 0. The molecule has 114 valence electrons. The van der Waals surface area contributed by atoms with E-state index in [-0.39, 0.29) is 0 Å². The first-order valence-corrected chi connectivity index (χ1v) is 11.6. The summed E-state index contributed by atoms with van der Waals surface area (Å²) in [5, 5.41) is 4.22. The van der Waals surface area contributed by atoms with Crippen LogP contribution in [0.1, 0.15) is 0 Å². The summed E-state index contributed by atoms with van der Waals surface area (Å²) in [6, 6.07) is 26.4. The Bertz CT molecular complexity index is 991. The molecule has 0 bridgehead atoms. The number of fused-ring (bicyclic) bond motifs is 3. The third kappa shape index (κ3) is 2.30. The van der Waals surface area contributed by atoms with Gasteiger partial charge >= 0.3 is 0 Å². The zero-order valence-electron chi connectivity index (χ0n) is 13.9. The third-order valence-corrected chi connectivity index (χ3v) is 6.60. The highest BCUT2D eigenvalue weighted by atomic mass is 28.3. The van der Waals surface area contributed by atoms with Crippen molar-refractivity contribution in [3.63, 3.8) is 0 Å². The van der Waals surface area contributed by atoms with Crippen LogP contribution in [0.5, 0.6) is 0 Å². The van der Waals surface area contributed by atoms with Crippen molar-refractivity contribution >= 4 is 35.1 Å². The monoisotopic (exact) mass is 315 g/mol. The molecule has 4 rings (SSSR count). The largest absolute Gasteiger partial charge is 0.309 e. The van der Waals surface area contributed by atoms with Gasteiger partial charge in [0.15, 0.2) is 0 Å². The predicted molar refractivity (Wildman–Crippen MR) is 104 cm³/mol. The molecule has 0 fully saturated rings. The second-order valence-corrected chi connectivity index (χ2v) is 12.2. The van der Waals surface area contributed by atoms with E-state index in [0.717, 1.165) is 0 Å². The molecule has 1 nitrogen and oxygen atoms in total. The van der Waals surface area contributed by atoms with Crippen LogP contribution in [0.3, 0.4) is 0 Å². The fourth-order valence-electron chi connectivity index (χ4n) is 3.29. The first kappa shape index (κ1) is 14.3. The highest BCUT2D eigenvalue weighted by Crippen LogP contribution is 2.31. The normalized spacial score (nSPS) is 12.1. The molecule has 23 heavy (non-hydrogen) atoms. The second kappa shape index (κ2) is 5.10. The van der Waals surface area contributed by atoms with Gasteiger partial charge in [0.1, 0.15) is 0 Å². The number of hydrogen-bond donors (Lipinski definition) is 0. The smallest absolute Gasteiger partial charge is 0.0776 e. The summed E-state index contributed by atoms with van der Waals surface area (Å²) in [7, 11) is -1.32. The molecule has 0 amide bonds. The first-order valence-electron chi connectivity index (χ1n) is 8.15. The molecule has 1 heterocycles. The topological polar surface area (TPSA) is 4.93 Å². The van der Waals surface area contributed by atoms with Crippen molar-refractivity contribution < 1.29 is 0 Å². The van der Waals surface area contributed by atoms with Crippen molar-refractivity contribution in [3.8, 4) is 5.69 Å². The maximum absolute atomic E-state index is 2.42. The zero-order valence-corrected chi connectivity index (χ0v) is 14.9. The van der Waals surface area contributed by atoms with Crippen molar-refractivity contribution in [3.05, 3.63) is 72.8 Å². The second-order valence-electron chi connectivity index (χ2n) is 7.17. The van der Waals surface area contributed by atoms with Crippen molar-refractivity contribution in [2.24, 2.45) is 0 Å². The van der Waals surface area contributed by atoms with Crippen molar-refractivity contribution in [1.82, 2.24) is 4.57 Å². The van der Waals surface area contributed by atoms with Gasteiger partial charge in [-0.25, -0.2) is 0 Å². The van der Waals surface area contributed by atoms with E-state index in [1.165, 1.54) is 32.7 Å². The predicted octanol–water partition coefficient (Wildman–Crippen LogP) is 5.33. The van der Waals surface area contributed by atoms with Gasteiger partial charge in [0.2, 0.25) is 0 Å². The van der Waals surface area contributed by atoms with Gasteiger partial charge in [-0.2, -0.15) is 0 Å². The van der Waals surface area contributed by atoms with E-state index in [2.05, 4.69) is 97.0 Å². The average molecular weight is 315 g/mol. The van der Waals surface area contributed by atoms with E-state index in [1.807, 2.05) is 0 Å². The lowest BCUT2D eigenvalue weighted by atomic mass is 10.1. The molecule has 0 unspecified atom stereocenters. The van der Waals surface area contributed by atoms with Crippen LogP contribution in [0, 0.1) is 0 Å². The van der Waals surface area contributed by atoms with Crippen LogP contribution in [0.25, 0.3) is 27.5 Å². The van der Waals surface area contributed by atoms with E-state index in [4.69, 9.17) is 0 Å². The molecular weight excluding hydrogens is 294 g/mol. The highest BCUT2D eigenvalue weighted by Gasteiger charge is 2.19. The molecule has 0 atom stereocenters. The third-order valence-electron chi connectivity index (χ3n) is 4.55. The van der Waals surface area contributed by atoms with Gasteiger partial charge in [-0.1, -0.05) is 73.4 Å². The fourth-order valence-corrected chi connectivity index (χ4v) is 4.46. The molecule has 2 heteroatoms. The maximum Gasteiger partial charge on any atom is 0.0776 e. The van der Waals surface area contributed by atoms with E-state index in [0.29, 0.717) is 0 Å². The minimum Gasteiger partial charge on any atom is -0.309 e. The summed E-state index contributed by atoms with van der Waals surface area (Å²) in [6.07, 6.45) is 0. The molecule has 3 aromatic carbocycles. The van der Waals surface area contributed by atoms with Crippen LogP contribution in [0.15, 0.2) is 72.8 Å². The van der Waals surface area contributed by atoms with Gasteiger partial charge in [0.05, 0.1) is 19.1 Å². The average Bonchev–Trinajstić information content (AvgIpc) is 2.88. The summed E-state index contributed by atoms with van der Waals surface area (Å²) in [4.78, 5) is 0. The van der Waals surface area contributed by atoms with E-state index in [9.17, 15) is 0 Å². The first-order chi connectivity index (χ1) is 11.1. The van der Waals surface area contributed by atoms with Crippen LogP contribution < -0.4 is 5.19 Å². The van der Waals surface area contributed by atoms with Gasteiger partial charge in [-0.3, -0.25) is 0 Å². The Hall–Kier alpha value is -2.32. The van der Waals surface area contributed by atoms with Crippen LogP contribution in [0.2, 0.25) is 19.6 Å². The van der Waals surface area contributed by atoms with E-state index >= 15 is 0 Å². The highest BCUT2D eigenvalue weighted by molar-refractivity contribution is 6.88. The maximum atomic E-state index is 2.42. The lowest BCUT2D eigenvalue weighted by Crippen LogP contribution is -2.37. The Kier molecular flexibility index (Phi) is 3.17. The SMILES string of the molecule is C[Si](C)(C)c1ccc2c(c1)c1ccccc1n2-c1ccccc1. The van der Waals surface area contributed by atoms with Crippen LogP contribution in [-0.4, -0.2) is 12.6 Å². The number of aromatic nitrogens is 1. The molecule has 0 radical (unpaired) electrons. The minimum absolute atomic E-state index is 1.22. The number of para-hydroxylation sites is 2. The molecule has 0 aliphatic rings. The van der Waals surface area contributed by atoms with Gasteiger partial charge in [-0.05, 0) is 24.3 Å². The quantitative estimate of drug-likeness (QED) is 0.441. The summed E-state index contributed by atoms with van der Waals surface area (Å²) in [6.45, 7) is 7.22. The van der Waals surface area contributed by atoms with E-state index < -0.39 is 8.07 Å². The number of nitrogens with zero attached hydrogens (tertiary/aromatic N) is 1. The Balaban J connectivity index is 2.13. The van der Waals surface area contributed by atoms with Crippen LogP contribution in [-0.2, 0) is 0 Å². The molecule has 0 saturated heterocycles. The lowest BCUT2D eigenvalue weighted by molar-refractivity contribution is 1.18. The molecule has 0 N–H and O–H groups in total. The van der Waals surface area contributed by atoms with Gasteiger partial charge in [-0.15, -0.1) is 0 Å². The van der Waals surface area contributed by atoms with Gasteiger partial charge in [0.25, 0.3) is 0 Å². The summed E-state index contributed by atoms with van der Waals surface area (Å²) < 4.78 is 2.37.